The van der Waals surface area contributed by atoms with Crippen LogP contribution in [0.25, 0.3) is 10.8 Å². The van der Waals surface area contributed by atoms with Crippen molar-refractivity contribution in [2.75, 3.05) is 38.0 Å². The van der Waals surface area contributed by atoms with E-state index >= 15 is 0 Å². The minimum absolute atomic E-state index is 0.000659. The summed E-state index contributed by atoms with van der Waals surface area (Å²) in [5, 5.41) is 15.6. The van der Waals surface area contributed by atoms with Crippen molar-refractivity contribution in [2.45, 2.75) is 0 Å². The Labute approximate surface area is 193 Å². The van der Waals surface area contributed by atoms with Gasteiger partial charge in [-0.1, -0.05) is 36.4 Å². The summed E-state index contributed by atoms with van der Waals surface area (Å²) in [4.78, 5) is 39.7. The highest BCUT2D eigenvalue weighted by Gasteiger charge is 2.24. The van der Waals surface area contributed by atoms with E-state index < -0.39 is 4.92 Å². The lowest BCUT2D eigenvalue weighted by Gasteiger charge is -2.34. The topological polar surface area (TPSA) is 95.8 Å². The van der Waals surface area contributed by atoms with Gasteiger partial charge in [0.15, 0.2) is 0 Å². The van der Waals surface area contributed by atoms with Crippen LogP contribution in [0, 0.1) is 10.1 Å². The second-order valence-electron chi connectivity index (χ2n) is 7.56. The van der Waals surface area contributed by atoms with Gasteiger partial charge in [0.05, 0.1) is 17.2 Å². The number of anilines is 1. The van der Waals surface area contributed by atoms with Gasteiger partial charge >= 0.3 is 0 Å². The molecule has 3 aromatic rings. The first-order valence-corrected chi connectivity index (χ1v) is 10.9. The molecular formula is C23H21BrN4O4. The van der Waals surface area contributed by atoms with E-state index in [0.29, 0.717) is 41.9 Å². The van der Waals surface area contributed by atoms with Crippen LogP contribution in [0.1, 0.15) is 10.4 Å². The Kier molecular flexibility index (Phi) is 6.48. The third kappa shape index (κ3) is 4.79. The van der Waals surface area contributed by atoms with Crippen LogP contribution in [0.5, 0.6) is 0 Å². The summed E-state index contributed by atoms with van der Waals surface area (Å²) in [6, 6.07) is 17.8. The molecule has 3 aromatic carbocycles. The molecule has 164 valence electrons. The lowest BCUT2D eigenvalue weighted by atomic mass is 10.0. The van der Waals surface area contributed by atoms with E-state index in [-0.39, 0.29) is 24.0 Å². The number of benzene rings is 3. The molecule has 32 heavy (non-hydrogen) atoms. The van der Waals surface area contributed by atoms with Gasteiger partial charge in [-0.2, -0.15) is 0 Å². The van der Waals surface area contributed by atoms with Gasteiger partial charge in [-0.05, 0) is 38.8 Å². The molecule has 0 aliphatic carbocycles. The van der Waals surface area contributed by atoms with E-state index in [1.165, 1.54) is 18.2 Å². The second-order valence-corrected chi connectivity index (χ2v) is 8.42. The lowest BCUT2D eigenvalue weighted by Crippen LogP contribution is -2.50. The zero-order valence-corrected chi connectivity index (χ0v) is 18.7. The zero-order chi connectivity index (χ0) is 22.7. The van der Waals surface area contributed by atoms with Crippen LogP contribution in [0.4, 0.5) is 11.4 Å². The van der Waals surface area contributed by atoms with Crippen molar-refractivity contribution in [3.8, 4) is 0 Å². The van der Waals surface area contributed by atoms with Gasteiger partial charge in [-0.25, -0.2) is 0 Å². The van der Waals surface area contributed by atoms with Crippen molar-refractivity contribution >= 4 is 49.9 Å². The molecule has 1 saturated heterocycles. The standard InChI is InChI=1S/C23H21BrN4O4/c24-20-14-17(28(31)32)8-9-21(20)25-22(29)15-26-10-12-27(13-11-26)23(30)19-7-3-5-16-4-1-2-6-18(16)19/h1-9,14H,10-13,15H2,(H,25,29). The number of piperazine rings is 1. The minimum Gasteiger partial charge on any atom is -0.336 e. The van der Waals surface area contributed by atoms with Crippen molar-refractivity contribution in [3.63, 3.8) is 0 Å². The Morgan fingerprint density at radius 1 is 1.00 bits per heavy atom. The molecule has 8 nitrogen and oxygen atoms in total. The molecule has 4 rings (SSSR count). The lowest BCUT2D eigenvalue weighted by molar-refractivity contribution is -0.384. The summed E-state index contributed by atoms with van der Waals surface area (Å²) in [6.07, 6.45) is 0. The molecule has 0 radical (unpaired) electrons. The molecule has 1 aliphatic rings. The van der Waals surface area contributed by atoms with Crippen LogP contribution in [0.15, 0.2) is 65.1 Å². The number of nitrogens with zero attached hydrogens (tertiary/aromatic N) is 3. The van der Waals surface area contributed by atoms with E-state index in [1.54, 1.807) is 0 Å². The highest BCUT2D eigenvalue weighted by molar-refractivity contribution is 9.10. The molecule has 0 spiro atoms. The van der Waals surface area contributed by atoms with Gasteiger partial charge in [-0.15, -0.1) is 0 Å². The number of carbonyl (C=O) groups is 2. The first-order valence-electron chi connectivity index (χ1n) is 10.2. The number of hydrogen-bond acceptors (Lipinski definition) is 5. The number of carbonyl (C=O) groups excluding carboxylic acids is 2. The molecule has 0 unspecified atom stereocenters. The Hall–Kier alpha value is -3.30. The average Bonchev–Trinajstić information content (AvgIpc) is 2.80. The third-order valence-corrected chi connectivity index (χ3v) is 6.14. The van der Waals surface area contributed by atoms with Crippen LogP contribution < -0.4 is 5.32 Å². The predicted molar refractivity (Wildman–Crippen MR) is 126 cm³/mol. The first kappa shape index (κ1) is 21.9. The summed E-state index contributed by atoms with van der Waals surface area (Å²) in [7, 11) is 0. The van der Waals surface area contributed by atoms with Crippen molar-refractivity contribution in [1.29, 1.82) is 0 Å². The van der Waals surface area contributed by atoms with Gasteiger partial charge in [0.1, 0.15) is 0 Å². The summed E-state index contributed by atoms with van der Waals surface area (Å²) in [5.41, 5.74) is 1.12. The number of nitrogens with one attached hydrogen (secondary N) is 1. The molecule has 0 bridgehead atoms. The molecule has 1 aliphatic heterocycles. The molecule has 0 atom stereocenters. The largest absolute Gasteiger partial charge is 0.336 e. The highest BCUT2D eigenvalue weighted by Crippen LogP contribution is 2.27. The smallest absolute Gasteiger partial charge is 0.270 e. The predicted octanol–water partition coefficient (Wildman–Crippen LogP) is 3.91. The summed E-state index contributed by atoms with van der Waals surface area (Å²) >= 11 is 3.26. The van der Waals surface area contributed by atoms with E-state index in [2.05, 4.69) is 21.2 Å². The highest BCUT2D eigenvalue weighted by atomic mass is 79.9. The fraction of sp³-hybridized carbons (Fsp3) is 0.217. The SMILES string of the molecule is O=C(CN1CCN(C(=O)c2cccc3ccccc23)CC1)Nc1ccc([N+](=O)[O-])cc1Br. The zero-order valence-electron chi connectivity index (χ0n) is 17.2. The number of fused-ring (bicyclic) bond motifs is 1. The van der Waals surface area contributed by atoms with Gasteiger partial charge in [0, 0.05) is 48.3 Å². The minimum atomic E-state index is -0.491. The number of amides is 2. The Morgan fingerprint density at radius 2 is 1.72 bits per heavy atom. The molecular weight excluding hydrogens is 476 g/mol. The van der Waals surface area contributed by atoms with Crippen molar-refractivity contribution in [3.05, 3.63) is 80.8 Å². The van der Waals surface area contributed by atoms with Gasteiger partial charge < -0.3 is 10.2 Å². The molecule has 0 aromatic heterocycles. The fourth-order valence-corrected chi connectivity index (χ4v) is 4.27. The first-order chi connectivity index (χ1) is 15.4. The van der Waals surface area contributed by atoms with Crippen molar-refractivity contribution < 1.29 is 14.5 Å². The summed E-state index contributed by atoms with van der Waals surface area (Å²) < 4.78 is 0.450. The van der Waals surface area contributed by atoms with Crippen LogP contribution in [-0.2, 0) is 4.79 Å². The number of non-ortho nitro benzene ring substituents is 1. The molecule has 2 amide bonds. The van der Waals surface area contributed by atoms with Crippen LogP contribution in [0.2, 0.25) is 0 Å². The van der Waals surface area contributed by atoms with Crippen LogP contribution >= 0.6 is 15.9 Å². The number of halogens is 1. The normalized spacial score (nSPS) is 14.3. The second kappa shape index (κ2) is 9.46. The Balaban J connectivity index is 1.33. The van der Waals surface area contributed by atoms with Gasteiger partial charge in [0.2, 0.25) is 5.91 Å². The monoisotopic (exact) mass is 496 g/mol. The van der Waals surface area contributed by atoms with Crippen molar-refractivity contribution in [1.82, 2.24) is 9.80 Å². The number of nitro benzene ring substituents is 1. The van der Waals surface area contributed by atoms with Crippen LogP contribution in [-0.4, -0.2) is 59.3 Å². The third-order valence-electron chi connectivity index (χ3n) is 5.48. The molecule has 9 heteroatoms. The molecule has 1 N–H and O–H groups in total. The van der Waals surface area contributed by atoms with E-state index in [9.17, 15) is 19.7 Å². The maximum absolute atomic E-state index is 13.1. The number of hydrogen-bond donors (Lipinski definition) is 1. The molecule has 0 saturated carbocycles. The average molecular weight is 497 g/mol. The van der Waals surface area contributed by atoms with E-state index in [1.807, 2.05) is 52.3 Å². The van der Waals surface area contributed by atoms with Crippen molar-refractivity contribution in [2.24, 2.45) is 0 Å². The van der Waals surface area contributed by atoms with E-state index in [0.717, 1.165) is 10.8 Å². The molecule has 1 fully saturated rings. The maximum atomic E-state index is 13.1. The number of rotatable bonds is 5. The maximum Gasteiger partial charge on any atom is 0.270 e. The summed E-state index contributed by atoms with van der Waals surface area (Å²) in [6.45, 7) is 2.43. The van der Waals surface area contributed by atoms with E-state index in [4.69, 9.17) is 0 Å². The Bertz CT molecular complexity index is 1190. The molecule has 1 heterocycles. The summed E-state index contributed by atoms with van der Waals surface area (Å²) in [5.74, 6) is -0.214. The fourth-order valence-electron chi connectivity index (χ4n) is 3.80. The van der Waals surface area contributed by atoms with Crippen LogP contribution in [0.3, 0.4) is 0 Å². The van der Waals surface area contributed by atoms with Gasteiger partial charge in [0.25, 0.3) is 11.6 Å². The number of nitro groups is 1. The quantitative estimate of drug-likeness (QED) is 0.426. The van der Waals surface area contributed by atoms with Gasteiger partial charge in [-0.3, -0.25) is 24.6 Å². The Morgan fingerprint density at radius 3 is 2.44 bits per heavy atom.